The Morgan fingerprint density at radius 3 is 2.39 bits per heavy atom. The first-order valence-electron chi connectivity index (χ1n) is 6.00. The Hall–Kier alpha value is -2.27. The van der Waals surface area contributed by atoms with E-state index in [2.05, 4.69) is 25.1 Å². The highest BCUT2D eigenvalue weighted by molar-refractivity contribution is 5.43. The number of aryl methyl sites for hydroxylation is 2. The summed E-state index contributed by atoms with van der Waals surface area (Å²) < 4.78 is 5.80. The summed E-state index contributed by atoms with van der Waals surface area (Å²) in [6.07, 6.45) is 1.02. The summed E-state index contributed by atoms with van der Waals surface area (Å²) in [6.45, 7) is 4.07. The molecular weight excluding hydrogens is 222 g/mol. The Morgan fingerprint density at radius 1 is 1.11 bits per heavy atom. The van der Waals surface area contributed by atoms with Gasteiger partial charge in [0.1, 0.15) is 11.5 Å². The average Bonchev–Trinajstić information content (AvgIpc) is 2.42. The third-order valence-electron chi connectivity index (χ3n) is 2.86. The van der Waals surface area contributed by atoms with Gasteiger partial charge in [0.15, 0.2) is 0 Å². The Kier molecular flexibility index (Phi) is 3.64. The Balaban J connectivity index is 2.20. The maximum absolute atomic E-state index is 8.81. The number of nitrogens with zero attached hydrogens (tertiary/aromatic N) is 1. The summed E-state index contributed by atoms with van der Waals surface area (Å²) in [6, 6.07) is 15.6. The third-order valence-corrected chi connectivity index (χ3v) is 2.86. The van der Waals surface area contributed by atoms with E-state index in [0.717, 1.165) is 23.5 Å². The summed E-state index contributed by atoms with van der Waals surface area (Å²) in [5.74, 6) is 1.61. The third kappa shape index (κ3) is 2.70. The van der Waals surface area contributed by atoms with Crippen molar-refractivity contribution in [2.75, 3.05) is 0 Å². The van der Waals surface area contributed by atoms with Crippen LogP contribution < -0.4 is 4.74 Å². The van der Waals surface area contributed by atoms with Crippen LogP contribution in [0.1, 0.15) is 23.6 Å². The van der Waals surface area contributed by atoms with Crippen molar-refractivity contribution in [1.29, 1.82) is 5.26 Å². The lowest BCUT2D eigenvalue weighted by Crippen LogP contribution is -1.89. The van der Waals surface area contributed by atoms with Crippen molar-refractivity contribution in [3.05, 3.63) is 59.2 Å². The molecule has 0 atom stereocenters. The van der Waals surface area contributed by atoms with Gasteiger partial charge in [-0.05, 0) is 54.8 Å². The maximum Gasteiger partial charge on any atom is 0.130 e. The molecule has 0 heterocycles. The summed E-state index contributed by atoms with van der Waals surface area (Å²) in [5.41, 5.74) is 2.91. The minimum absolute atomic E-state index is 0.654. The molecule has 18 heavy (non-hydrogen) atoms. The van der Waals surface area contributed by atoms with Crippen molar-refractivity contribution in [2.45, 2.75) is 20.3 Å². The van der Waals surface area contributed by atoms with Gasteiger partial charge in [-0.3, -0.25) is 0 Å². The molecule has 2 nitrogen and oxygen atoms in total. The molecule has 0 fully saturated rings. The molecule has 2 rings (SSSR count). The number of hydrogen-bond donors (Lipinski definition) is 0. The topological polar surface area (TPSA) is 33.0 Å². The van der Waals surface area contributed by atoms with E-state index in [-0.39, 0.29) is 0 Å². The Labute approximate surface area is 107 Å². The zero-order chi connectivity index (χ0) is 13.0. The molecule has 2 aromatic carbocycles. The molecule has 2 aromatic rings. The largest absolute Gasteiger partial charge is 0.457 e. The van der Waals surface area contributed by atoms with Crippen LogP contribution in [0, 0.1) is 18.3 Å². The summed E-state index contributed by atoms with van der Waals surface area (Å²) >= 11 is 0. The highest BCUT2D eigenvalue weighted by Gasteiger charge is 2.02. The van der Waals surface area contributed by atoms with Gasteiger partial charge in [0, 0.05) is 0 Å². The van der Waals surface area contributed by atoms with Crippen LogP contribution in [0.4, 0.5) is 0 Å². The van der Waals surface area contributed by atoms with Crippen molar-refractivity contribution in [3.63, 3.8) is 0 Å². The molecule has 2 heteroatoms. The van der Waals surface area contributed by atoms with Gasteiger partial charge in [0.2, 0.25) is 0 Å². The van der Waals surface area contributed by atoms with Gasteiger partial charge in [-0.2, -0.15) is 5.26 Å². The lowest BCUT2D eigenvalue weighted by atomic mass is 10.1. The normalized spacial score (nSPS) is 9.83. The van der Waals surface area contributed by atoms with E-state index in [4.69, 9.17) is 10.00 Å². The molecule has 0 saturated carbocycles. The predicted octanol–water partition coefficient (Wildman–Crippen LogP) is 4.22. The standard InChI is InChI=1S/C16H15NO/c1-3-13-4-7-15(8-5-13)18-16-9-6-14(11-17)10-12(16)2/h4-10H,3H2,1-2H3. The molecule has 90 valence electrons. The van der Waals surface area contributed by atoms with Crippen LogP contribution in [-0.2, 0) is 6.42 Å². The van der Waals surface area contributed by atoms with Crippen molar-refractivity contribution in [2.24, 2.45) is 0 Å². The fraction of sp³-hybridized carbons (Fsp3) is 0.188. The fourth-order valence-electron chi connectivity index (χ4n) is 1.75. The lowest BCUT2D eigenvalue weighted by molar-refractivity contribution is 0.478. The second-order valence-corrected chi connectivity index (χ2v) is 4.19. The van der Waals surface area contributed by atoms with Crippen molar-refractivity contribution in [3.8, 4) is 17.6 Å². The molecule has 0 aliphatic carbocycles. The van der Waals surface area contributed by atoms with E-state index < -0.39 is 0 Å². The highest BCUT2D eigenvalue weighted by atomic mass is 16.5. The molecule has 0 spiro atoms. The second kappa shape index (κ2) is 5.37. The van der Waals surface area contributed by atoms with Gasteiger partial charge in [-0.1, -0.05) is 19.1 Å². The van der Waals surface area contributed by atoms with Crippen molar-refractivity contribution >= 4 is 0 Å². The van der Waals surface area contributed by atoms with Gasteiger partial charge < -0.3 is 4.74 Å². The van der Waals surface area contributed by atoms with E-state index in [1.54, 1.807) is 6.07 Å². The Morgan fingerprint density at radius 2 is 1.83 bits per heavy atom. The second-order valence-electron chi connectivity index (χ2n) is 4.19. The zero-order valence-electron chi connectivity index (χ0n) is 10.6. The number of hydrogen-bond acceptors (Lipinski definition) is 2. The number of nitriles is 1. The first-order chi connectivity index (χ1) is 8.72. The number of benzene rings is 2. The molecule has 0 aliphatic heterocycles. The summed E-state index contributed by atoms with van der Waals surface area (Å²) in [7, 11) is 0. The molecule has 0 bridgehead atoms. The molecule has 0 amide bonds. The minimum Gasteiger partial charge on any atom is -0.457 e. The predicted molar refractivity (Wildman–Crippen MR) is 71.8 cm³/mol. The van der Waals surface area contributed by atoms with E-state index in [1.165, 1.54) is 5.56 Å². The minimum atomic E-state index is 0.654. The van der Waals surface area contributed by atoms with Crippen LogP contribution in [0.15, 0.2) is 42.5 Å². The fourth-order valence-corrected chi connectivity index (χ4v) is 1.75. The summed E-state index contributed by atoms with van der Waals surface area (Å²) in [5, 5.41) is 8.81. The van der Waals surface area contributed by atoms with Crippen LogP contribution in [0.5, 0.6) is 11.5 Å². The number of ether oxygens (including phenoxy) is 1. The first-order valence-corrected chi connectivity index (χ1v) is 6.00. The number of rotatable bonds is 3. The maximum atomic E-state index is 8.81. The molecule has 0 N–H and O–H groups in total. The van der Waals surface area contributed by atoms with Crippen LogP contribution in [0.2, 0.25) is 0 Å². The van der Waals surface area contributed by atoms with Gasteiger partial charge >= 0.3 is 0 Å². The van der Waals surface area contributed by atoms with Crippen LogP contribution in [-0.4, -0.2) is 0 Å². The summed E-state index contributed by atoms with van der Waals surface area (Å²) in [4.78, 5) is 0. The quantitative estimate of drug-likeness (QED) is 0.800. The molecule has 0 aromatic heterocycles. The van der Waals surface area contributed by atoms with Gasteiger partial charge in [0.05, 0.1) is 11.6 Å². The van der Waals surface area contributed by atoms with Crippen molar-refractivity contribution < 1.29 is 4.74 Å². The molecule has 0 saturated heterocycles. The van der Waals surface area contributed by atoms with Crippen LogP contribution in [0.3, 0.4) is 0 Å². The van der Waals surface area contributed by atoms with E-state index in [9.17, 15) is 0 Å². The molecule has 0 aliphatic rings. The molecular formula is C16H15NO. The SMILES string of the molecule is CCc1ccc(Oc2ccc(C#N)cc2C)cc1. The van der Waals surface area contributed by atoms with E-state index >= 15 is 0 Å². The molecule has 0 radical (unpaired) electrons. The monoisotopic (exact) mass is 237 g/mol. The highest BCUT2D eigenvalue weighted by Crippen LogP contribution is 2.25. The average molecular weight is 237 g/mol. The van der Waals surface area contributed by atoms with Gasteiger partial charge in [0.25, 0.3) is 0 Å². The van der Waals surface area contributed by atoms with Crippen LogP contribution in [0.25, 0.3) is 0 Å². The molecule has 0 unspecified atom stereocenters. The van der Waals surface area contributed by atoms with Gasteiger partial charge in [-0.15, -0.1) is 0 Å². The van der Waals surface area contributed by atoms with Crippen LogP contribution >= 0.6 is 0 Å². The lowest BCUT2D eigenvalue weighted by Gasteiger charge is -2.09. The zero-order valence-corrected chi connectivity index (χ0v) is 10.6. The Bertz CT molecular complexity index is 579. The van der Waals surface area contributed by atoms with E-state index in [1.807, 2.05) is 31.2 Å². The van der Waals surface area contributed by atoms with E-state index in [0.29, 0.717) is 5.56 Å². The first kappa shape index (κ1) is 12.2. The van der Waals surface area contributed by atoms with Gasteiger partial charge in [-0.25, -0.2) is 0 Å². The smallest absolute Gasteiger partial charge is 0.130 e. The van der Waals surface area contributed by atoms with Crippen molar-refractivity contribution in [1.82, 2.24) is 0 Å².